The van der Waals surface area contributed by atoms with Gasteiger partial charge in [0.1, 0.15) is 17.5 Å². The molecule has 1 aliphatic heterocycles. The van der Waals surface area contributed by atoms with E-state index in [1.54, 1.807) is 25.4 Å². The molecule has 160 valence electrons. The van der Waals surface area contributed by atoms with Crippen molar-refractivity contribution in [1.82, 2.24) is 25.1 Å². The summed E-state index contributed by atoms with van der Waals surface area (Å²) in [4.78, 5) is 23.4. The summed E-state index contributed by atoms with van der Waals surface area (Å²) < 4.78 is 5.13. The van der Waals surface area contributed by atoms with Gasteiger partial charge < -0.3 is 10.1 Å². The fraction of sp³-hybridized carbons (Fsp3) is 0.381. The smallest absolute Gasteiger partial charge is 0.356 e. The van der Waals surface area contributed by atoms with Crippen LogP contribution in [0.25, 0.3) is 0 Å². The van der Waals surface area contributed by atoms with Gasteiger partial charge in [0.15, 0.2) is 5.13 Å². The van der Waals surface area contributed by atoms with E-state index in [0.717, 1.165) is 47.9 Å². The molecule has 0 spiro atoms. The summed E-state index contributed by atoms with van der Waals surface area (Å²) in [6.45, 7) is 3.65. The predicted octanol–water partition coefficient (Wildman–Crippen LogP) is 3.78. The molecule has 1 saturated heterocycles. The first kappa shape index (κ1) is 21.0. The molecule has 4 rings (SSSR count). The van der Waals surface area contributed by atoms with Gasteiger partial charge in [0.2, 0.25) is 0 Å². The Morgan fingerprint density at radius 2 is 2.32 bits per heavy atom. The van der Waals surface area contributed by atoms with Gasteiger partial charge in [-0.15, -0.1) is 11.3 Å². The van der Waals surface area contributed by atoms with Crippen LogP contribution in [0.1, 0.15) is 59.7 Å². The molecule has 0 amide bonds. The molecule has 1 aliphatic rings. The van der Waals surface area contributed by atoms with Crippen molar-refractivity contribution in [2.24, 2.45) is 0 Å². The van der Waals surface area contributed by atoms with Gasteiger partial charge in [-0.05, 0) is 38.4 Å². The second-order valence-corrected chi connectivity index (χ2v) is 8.08. The van der Waals surface area contributed by atoms with E-state index < -0.39 is 0 Å². The lowest BCUT2D eigenvalue weighted by Gasteiger charge is -2.34. The van der Waals surface area contributed by atoms with Crippen LogP contribution in [0.5, 0.6) is 0 Å². The highest BCUT2D eigenvalue weighted by atomic mass is 32.1. The Kier molecular flexibility index (Phi) is 6.54. The number of aromatic nitrogens is 4. The number of likely N-dealkylation sites (tertiary alicyclic amines) is 1. The highest BCUT2D eigenvalue weighted by Gasteiger charge is 2.28. The number of nitrogens with zero attached hydrogens (tertiary/aromatic N) is 5. The molecule has 0 bridgehead atoms. The minimum absolute atomic E-state index is 0.171. The molecule has 9 nitrogen and oxygen atoms in total. The maximum Gasteiger partial charge on any atom is 0.356 e. The van der Waals surface area contributed by atoms with E-state index in [2.05, 4.69) is 30.8 Å². The van der Waals surface area contributed by atoms with E-state index in [1.165, 1.54) is 11.3 Å². The van der Waals surface area contributed by atoms with Crippen LogP contribution in [0, 0.1) is 11.3 Å². The highest BCUT2D eigenvalue weighted by molar-refractivity contribution is 7.13. The fourth-order valence-corrected chi connectivity index (χ4v) is 4.48. The average Bonchev–Trinajstić information content (AvgIpc) is 3.45. The molecular weight excluding hydrogens is 414 g/mol. The number of anilines is 2. The number of aromatic amines is 1. The van der Waals surface area contributed by atoms with Crippen LogP contribution >= 0.6 is 11.3 Å². The van der Waals surface area contributed by atoms with E-state index in [1.807, 2.05) is 12.1 Å². The third-order valence-corrected chi connectivity index (χ3v) is 5.95. The maximum absolute atomic E-state index is 12.2. The van der Waals surface area contributed by atoms with Gasteiger partial charge in [-0.1, -0.05) is 6.42 Å². The molecule has 0 saturated carbocycles. The lowest BCUT2D eigenvalue weighted by Crippen LogP contribution is -2.33. The van der Waals surface area contributed by atoms with E-state index in [-0.39, 0.29) is 12.0 Å². The van der Waals surface area contributed by atoms with Gasteiger partial charge in [-0.2, -0.15) is 10.4 Å². The van der Waals surface area contributed by atoms with Gasteiger partial charge in [-0.3, -0.25) is 10.00 Å². The van der Waals surface area contributed by atoms with Gasteiger partial charge in [0.25, 0.3) is 0 Å². The molecule has 4 heterocycles. The number of hydrogen-bond acceptors (Lipinski definition) is 9. The Morgan fingerprint density at radius 1 is 1.42 bits per heavy atom. The third-order valence-electron chi connectivity index (χ3n) is 5.18. The Bertz CT molecular complexity index is 1070. The second kappa shape index (κ2) is 9.68. The quantitative estimate of drug-likeness (QED) is 0.536. The molecule has 10 heteroatoms. The Labute approximate surface area is 184 Å². The van der Waals surface area contributed by atoms with Gasteiger partial charge in [0, 0.05) is 17.5 Å². The number of nitrogens with one attached hydrogen (secondary N) is 2. The normalized spacial score (nSPS) is 16.6. The van der Waals surface area contributed by atoms with Gasteiger partial charge in [0.05, 0.1) is 36.4 Å². The zero-order valence-corrected chi connectivity index (χ0v) is 18.0. The average molecular weight is 438 g/mol. The zero-order valence-electron chi connectivity index (χ0n) is 17.2. The summed E-state index contributed by atoms with van der Waals surface area (Å²) in [6.07, 6.45) is 6.58. The van der Waals surface area contributed by atoms with Crippen molar-refractivity contribution in [3.63, 3.8) is 0 Å². The summed E-state index contributed by atoms with van der Waals surface area (Å²) in [5.41, 5.74) is 3.43. The number of carbonyl (C=O) groups is 1. The largest absolute Gasteiger partial charge is 0.461 e. The molecule has 1 fully saturated rings. The van der Waals surface area contributed by atoms with Crippen molar-refractivity contribution in [1.29, 1.82) is 5.26 Å². The standard InChI is InChI=1S/C21H23N7O2S/c1-2-30-20(29)19-14(10-24-27-19)12-28-8-4-3-5-18(28)17-13-31-21(26-17)25-16-7-6-15(9-22)23-11-16/h6-7,10-11,13,18H,2-5,8,12H2,1H3,(H,24,27)(H,25,26). The number of hydrogen-bond donors (Lipinski definition) is 2. The van der Waals surface area contributed by atoms with Crippen molar-refractivity contribution in [2.45, 2.75) is 38.8 Å². The lowest BCUT2D eigenvalue weighted by molar-refractivity contribution is 0.0515. The number of esters is 1. The first-order valence-electron chi connectivity index (χ1n) is 10.2. The van der Waals surface area contributed by atoms with Gasteiger partial charge >= 0.3 is 5.97 Å². The summed E-state index contributed by atoms with van der Waals surface area (Å²) in [7, 11) is 0. The number of carbonyl (C=O) groups excluding carboxylic acids is 1. The first-order chi connectivity index (χ1) is 15.2. The van der Waals surface area contributed by atoms with Crippen LogP contribution < -0.4 is 5.32 Å². The van der Waals surface area contributed by atoms with Crippen LogP contribution in [-0.2, 0) is 11.3 Å². The molecule has 0 aliphatic carbocycles. The molecule has 31 heavy (non-hydrogen) atoms. The van der Waals surface area contributed by atoms with Crippen LogP contribution in [0.3, 0.4) is 0 Å². The van der Waals surface area contributed by atoms with Crippen molar-refractivity contribution in [3.05, 3.63) is 52.6 Å². The van der Waals surface area contributed by atoms with Crippen molar-refractivity contribution in [3.8, 4) is 6.07 Å². The molecule has 1 atom stereocenters. The van der Waals surface area contributed by atoms with Gasteiger partial charge in [-0.25, -0.2) is 14.8 Å². The van der Waals surface area contributed by atoms with E-state index >= 15 is 0 Å². The topological polar surface area (TPSA) is 120 Å². The Hall–Kier alpha value is -3.29. The Morgan fingerprint density at radius 3 is 3.10 bits per heavy atom. The molecule has 3 aromatic heterocycles. The zero-order chi connectivity index (χ0) is 21.6. The molecule has 2 N–H and O–H groups in total. The first-order valence-corrected chi connectivity index (χ1v) is 11.1. The van der Waals surface area contributed by atoms with Crippen LogP contribution in [0.4, 0.5) is 10.8 Å². The predicted molar refractivity (Wildman–Crippen MR) is 116 cm³/mol. The maximum atomic E-state index is 12.2. The SMILES string of the molecule is CCOC(=O)c1[nH]ncc1CN1CCCCC1c1csc(Nc2ccc(C#N)nc2)n1. The molecule has 3 aromatic rings. The van der Waals surface area contributed by atoms with Crippen molar-refractivity contribution in [2.75, 3.05) is 18.5 Å². The third kappa shape index (κ3) is 4.90. The van der Waals surface area contributed by atoms with Crippen LogP contribution in [-0.4, -0.2) is 44.2 Å². The minimum atomic E-state index is -0.375. The van der Waals surface area contributed by atoms with Crippen LogP contribution in [0.15, 0.2) is 29.9 Å². The number of rotatable bonds is 7. The highest BCUT2D eigenvalue weighted by Crippen LogP contribution is 2.34. The van der Waals surface area contributed by atoms with E-state index in [9.17, 15) is 4.79 Å². The summed E-state index contributed by atoms with van der Waals surface area (Å²) >= 11 is 1.54. The number of nitriles is 1. The number of pyridine rings is 1. The minimum Gasteiger partial charge on any atom is -0.461 e. The number of piperidine rings is 1. The van der Waals surface area contributed by atoms with Crippen molar-refractivity contribution < 1.29 is 9.53 Å². The molecule has 0 aromatic carbocycles. The monoisotopic (exact) mass is 437 g/mol. The number of ether oxygens (including phenoxy) is 1. The summed E-state index contributed by atoms with van der Waals surface area (Å²) in [5.74, 6) is -0.375. The summed E-state index contributed by atoms with van der Waals surface area (Å²) in [5, 5.41) is 21.8. The van der Waals surface area contributed by atoms with Crippen molar-refractivity contribution >= 4 is 28.1 Å². The van der Waals surface area contributed by atoms with Crippen LogP contribution in [0.2, 0.25) is 0 Å². The lowest BCUT2D eigenvalue weighted by atomic mass is 9.99. The Balaban J connectivity index is 1.47. The van der Waals surface area contributed by atoms with E-state index in [4.69, 9.17) is 15.0 Å². The number of H-pyrrole nitrogens is 1. The second-order valence-electron chi connectivity index (χ2n) is 7.22. The molecule has 1 unspecified atom stereocenters. The summed E-state index contributed by atoms with van der Waals surface area (Å²) in [6, 6.07) is 5.67. The number of thiazole rings is 1. The molecule has 0 radical (unpaired) electrons. The fourth-order valence-electron chi connectivity index (χ4n) is 3.70. The van der Waals surface area contributed by atoms with E-state index in [0.29, 0.717) is 24.5 Å². The molecular formula is C21H23N7O2S.